The number of thioether (sulfide) groups is 1. The van der Waals surface area contributed by atoms with E-state index >= 15 is 0 Å². The minimum absolute atomic E-state index is 0.0577. The Morgan fingerprint density at radius 3 is 2.83 bits per heavy atom. The van der Waals surface area contributed by atoms with Crippen LogP contribution in [0.15, 0.2) is 18.2 Å². The van der Waals surface area contributed by atoms with E-state index in [1.807, 2.05) is 0 Å². The van der Waals surface area contributed by atoms with Crippen LogP contribution in [0.1, 0.15) is 29.3 Å². The van der Waals surface area contributed by atoms with Crippen LogP contribution >= 0.6 is 11.8 Å². The minimum atomic E-state index is -0.822. The Hall–Kier alpha value is -1.62. The minimum Gasteiger partial charge on any atom is -0.504 e. The van der Waals surface area contributed by atoms with Crippen molar-refractivity contribution in [1.29, 1.82) is 0 Å². The van der Waals surface area contributed by atoms with Gasteiger partial charge in [-0.05, 0) is 24.1 Å². The van der Waals surface area contributed by atoms with E-state index in [0.29, 0.717) is 24.0 Å². The summed E-state index contributed by atoms with van der Waals surface area (Å²) in [6.07, 6.45) is 4.51. The molecule has 0 radical (unpaired) electrons. The molecule has 0 heterocycles. The lowest BCUT2D eigenvalue weighted by Crippen LogP contribution is -1.88. The van der Waals surface area contributed by atoms with Gasteiger partial charge in [0.1, 0.15) is 0 Å². The first-order chi connectivity index (χ1) is 8.54. The lowest BCUT2D eigenvalue weighted by molar-refractivity contribution is -0.109. The number of aromatic hydroxyl groups is 1. The summed E-state index contributed by atoms with van der Waals surface area (Å²) in [4.78, 5) is 21.3. The van der Waals surface area contributed by atoms with Crippen LogP contribution in [0.4, 0.5) is 4.39 Å². The number of hydrogen-bond donors (Lipinski definition) is 1. The third-order valence-corrected chi connectivity index (χ3v) is 2.99. The Labute approximate surface area is 109 Å². The van der Waals surface area contributed by atoms with E-state index in [1.54, 1.807) is 12.2 Å². The molecule has 0 fully saturated rings. The van der Waals surface area contributed by atoms with Gasteiger partial charge >= 0.3 is 0 Å². The van der Waals surface area contributed by atoms with Gasteiger partial charge in [-0.15, -0.1) is 0 Å². The summed E-state index contributed by atoms with van der Waals surface area (Å²) in [5, 5.41) is 9.28. The second-order valence-electron chi connectivity index (χ2n) is 3.59. The van der Waals surface area contributed by atoms with Crippen LogP contribution < -0.4 is 0 Å². The topological polar surface area (TPSA) is 54.4 Å². The van der Waals surface area contributed by atoms with Gasteiger partial charge in [0.15, 0.2) is 23.0 Å². The van der Waals surface area contributed by atoms with Crippen molar-refractivity contribution in [2.24, 2.45) is 0 Å². The molecule has 0 aliphatic heterocycles. The number of aldehydes is 1. The lowest BCUT2D eigenvalue weighted by Gasteiger charge is -2.01. The van der Waals surface area contributed by atoms with Gasteiger partial charge in [0.2, 0.25) is 0 Å². The van der Waals surface area contributed by atoms with Gasteiger partial charge in [0.25, 0.3) is 0 Å². The normalized spacial score (nSPS) is 10.8. The van der Waals surface area contributed by atoms with E-state index in [9.17, 15) is 19.1 Å². The number of phenols is 1. The van der Waals surface area contributed by atoms with Crippen LogP contribution in [0.3, 0.4) is 0 Å². The molecule has 0 saturated carbocycles. The lowest BCUT2D eigenvalue weighted by atomic mass is 10.1. The Kier molecular flexibility index (Phi) is 5.58. The van der Waals surface area contributed by atoms with Gasteiger partial charge in [-0.1, -0.05) is 23.9 Å². The summed E-state index contributed by atoms with van der Waals surface area (Å²) >= 11 is 1.22. The van der Waals surface area contributed by atoms with E-state index in [1.165, 1.54) is 24.8 Å². The first-order valence-corrected chi connectivity index (χ1v) is 6.30. The molecule has 96 valence electrons. The standard InChI is InChI=1S/C13H13FO3S/c1-9(16)18-5-3-2-4-10-6-11(8-15)13(17)12(14)7-10/h2,4,6-8,17H,3,5H2,1H3. The molecule has 0 atom stereocenters. The highest BCUT2D eigenvalue weighted by molar-refractivity contribution is 8.13. The Bertz CT molecular complexity index is 483. The van der Waals surface area contributed by atoms with E-state index in [-0.39, 0.29) is 10.7 Å². The number of allylic oxidation sites excluding steroid dienone is 1. The van der Waals surface area contributed by atoms with Crippen LogP contribution in [-0.4, -0.2) is 22.3 Å². The van der Waals surface area contributed by atoms with Gasteiger partial charge in [0.05, 0.1) is 5.56 Å². The zero-order valence-electron chi connectivity index (χ0n) is 9.85. The molecule has 0 aromatic heterocycles. The molecule has 0 saturated heterocycles. The second kappa shape index (κ2) is 6.96. The van der Waals surface area contributed by atoms with Gasteiger partial charge in [-0.25, -0.2) is 4.39 Å². The molecule has 0 aliphatic carbocycles. The summed E-state index contributed by atoms with van der Waals surface area (Å²) in [6, 6.07) is 2.55. The molecule has 0 bridgehead atoms. The Morgan fingerprint density at radius 1 is 1.50 bits per heavy atom. The molecule has 0 amide bonds. The molecule has 1 rings (SSSR count). The van der Waals surface area contributed by atoms with Crippen molar-refractivity contribution >= 4 is 29.2 Å². The number of carbonyl (C=O) groups excluding carboxylic acids is 2. The van der Waals surface area contributed by atoms with Crippen LogP contribution in [-0.2, 0) is 4.79 Å². The van der Waals surface area contributed by atoms with Crippen molar-refractivity contribution in [1.82, 2.24) is 0 Å². The first-order valence-electron chi connectivity index (χ1n) is 5.32. The Balaban J connectivity index is 2.67. The van der Waals surface area contributed by atoms with Crippen molar-refractivity contribution in [3.63, 3.8) is 0 Å². The quantitative estimate of drug-likeness (QED) is 0.658. The maximum atomic E-state index is 13.2. The molecular weight excluding hydrogens is 255 g/mol. The molecule has 3 nitrogen and oxygen atoms in total. The SMILES string of the molecule is CC(=O)SCCC=Cc1cc(F)c(O)c(C=O)c1. The predicted molar refractivity (Wildman–Crippen MR) is 70.2 cm³/mol. The molecule has 5 heteroatoms. The number of hydrogen-bond acceptors (Lipinski definition) is 4. The summed E-state index contributed by atoms with van der Waals surface area (Å²) in [5.41, 5.74) is 0.424. The van der Waals surface area contributed by atoms with E-state index in [0.717, 1.165) is 6.07 Å². The average molecular weight is 268 g/mol. The molecule has 1 N–H and O–H groups in total. The number of carbonyl (C=O) groups is 2. The van der Waals surface area contributed by atoms with Gasteiger partial charge in [-0.3, -0.25) is 9.59 Å². The molecule has 0 spiro atoms. The van der Waals surface area contributed by atoms with Gasteiger partial charge in [-0.2, -0.15) is 0 Å². The van der Waals surface area contributed by atoms with E-state index < -0.39 is 11.6 Å². The monoisotopic (exact) mass is 268 g/mol. The highest BCUT2D eigenvalue weighted by atomic mass is 32.2. The summed E-state index contributed by atoms with van der Waals surface area (Å²) in [7, 11) is 0. The van der Waals surface area contributed by atoms with Crippen molar-refractivity contribution in [3.8, 4) is 5.75 Å². The zero-order chi connectivity index (χ0) is 13.5. The van der Waals surface area contributed by atoms with E-state index in [4.69, 9.17) is 0 Å². The molecular formula is C13H13FO3S. The largest absolute Gasteiger partial charge is 0.504 e. The summed E-state index contributed by atoms with van der Waals surface area (Å²) in [6.45, 7) is 1.50. The fourth-order valence-electron chi connectivity index (χ4n) is 1.32. The van der Waals surface area contributed by atoms with Crippen LogP contribution in [0.2, 0.25) is 0 Å². The highest BCUT2D eigenvalue weighted by Crippen LogP contribution is 2.22. The number of benzene rings is 1. The van der Waals surface area contributed by atoms with Crippen LogP contribution in [0.5, 0.6) is 5.75 Å². The number of halogens is 1. The zero-order valence-corrected chi connectivity index (χ0v) is 10.7. The predicted octanol–water partition coefficient (Wildman–Crippen LogP) is 3.03. The summed E-state index contributed by atoms with van der Waals surface area (Å²) < 4.78 is 13.2. The summed E-state index contributed by atoms with van der Waals surface area (Å²) in [5.74, 6) is -0.793. The number of phenolic OH excluding ortho intramolecular Hbond substituents is 1. The second-order valence-corrected chi connectivity index (χ2v) is 4.86. The first kappa shape index (κ1) is 14.4. The van der Waals surface area contributed by atoms with Crippen molar-refractivity contribution in [2.45, 2.75) is 13.3 Å². The van der Waals surface area contributed by atoms with Crippen molar-refractivity contribution in [3.05, 3.63) is 35.2 Å². The molecule has 0 unspecified atom stereocenters. The maximum absolute atomic E-state index is 13.2. The Morgan fingerprint density at radius 2 is 2.22 bits per heavy atom. The fourth-order valence-corrected chi connectivity index (χ4v) is 1.86. The van der Waals surface area contributed by atoms with Crippen LogP contribution in [0, 0.1) is 5.82 Å². The fraction of sp³-hybridized carbons (Fsp3) is 0.231. The molecule has 0 aliphatic rings. The third kappa shape index (κ3) is 4.33. The van der Waals surface area contributed by atoms with Crippen LogP contribution in [0.25, 0.3) is 6.08 Å². The highest BCUT2D eigenvalue weighted by Gasteiger charge is 2.07. The molecule has 1 aromatic carbocycles. The smallest absolute Gasteiger partial charge is 0.185 e. The third-order valence-electron chi connectivity index (χ3n) is 2.14. The average Bonchev–Trinajstić information content (AvgIpc) is 2.32. The van der Waals surface area contributed by atoms with Crippen molar-refractivity contribution in [2.75, 3.05) is 5.75 Å². The van der Waals surface area contributed by atoms with Gasteiger partial charge in [0, 0.05) is 12.7 Å². The van der Waals surface area contributed by atoms with E-state index in [2.05, 4.69) is 0 Å². The van der Waals surface area contributed by atoms with Crippen molar-refractivity contribution < 1.29 is 19.1 Å². The molecule has 1 aromatic rings. The van der Waals surface area contributed by atoms with Gasteiger partial charge < -0.3 is 5.11 Å². The number of rotatable bonds is 5. The molecule has 18 heavy (non-hydrogen) atoms. The maximum Gasteiger partial charge on any atom is 0.185 e.